The fourth-order valence-electron chi connectivity index (χ4n) is 3.30. The van der Waals surface area contributed by atoms with E-state index in [0.29, 0.717) is 18.3 Å². The third-order valence-electron chi connectivity index (χ3n) is 4.91. The van der Waals surface area contributed by atoms with Gasteiger partial charge >= 0.3 is 0 Å². The van der Waals surface area contributed by atoms with Crippen molar-refractivity contribution < 1.29 is 9.21 Å². The van der Waals surface area contributed by atoms with Gasteiger partial charge in [0.2, 0.25) is 17.7 Å². The average Bonchev–Trinajstić information content (AvgIpc) is 3.26. The lowest BCUT2D eigenvalue weighted by atomic mass is 10.2. The molecule has 0 bridgehead atoms. The van der Waals surface area contributed by atoms with Gasteiger partial charge in [-0.3, -0.25) is 14.6 Å². The molecule has 7 heteroatoms. The van der Waals surface area contributed by atoms with Crippen LogP contribution in [0, 0.1) is 0 Å². The van der Waals surface area contributed by atoms with Crippen molar-refractivity contribution in [3.63, 3.8) is 0 Å². The highest BCUT2D eigenvalue weighted by Gasteiger charge is 2.27. The molecule has 0 N–H and O–H groups in total. The zero-order valence-electron chi connectivity index (χ0n) is 14.2. The first-order valence-electron chi connectivity index (χ1n) is 8.74. The summed E-state index contributed by atoms with van der Waals surface area (Å²) in [5, 5.41) is 8.19. The summed E-state index contributed by atoms with van der Waals surface area (Å²) in [7, 11) is 0. The summed E-state index contributed by atoms with van der Waals surface area (Å²) in [6.07, 6.45) is 3.08. The summed E-state index contributed by atoms with van der Waals surface area (Å²) in [6, 6.07) is 0.138. The number of carbonyl (C=O) groups is 1. The van der Waals surface area contributed by atoms with Crippen LogP contribution in [0.15, 0.2) is 4.42 Å². The van der Waals surface area contributed by atoms with Gasteiger partial charge in [0.05, 0.1) is 12.6 Å². The van der Waals surface area contributed by atoms with Crippen molar-refractivity contribution in [2.24, 2.45) is 0 Å². The topological polar surface area (TPSA) is 65.7 Å². The molecule has 3 heterocycles. The molecule has 0 spiro atoms. The van der Waals surface area contributed by atoms with E-state index >= 15 is 0 Å². The molecule has 0 aliphatic carbocycles. The molecule has 2 aliphatic rings. The Morgan fingerprint density at radius 3 is 2.43 bits per heavy atom. The van der Waals surface area contributed by atoms with Crippen molar-refractivity contribution in [1.82, 2.24) is 24.9 Å². The Labute approximate surface area is 137 Å². The van der Waals surface area contributed by atoms with E-state index in [1.807, 2.05) is 11.8 Å². The maximum absolute atomic E-state index is 12.2. The maximum atomic E-state index is 12.2. The quantitative estimate of drug-likeness (QED) is 0.804. The minimum Gasteiger partial charge on any atom is -0.424 e. The van der Waals surface area contributed by atoms with Crippen LogP contribution in [0.3, 0.4) is 0 Å². The number of rotatable bonds is 5. The molecule has 1 atom stereocenters. The molecule has 2 aliphatic heterocycles. The van der Waals surface area contributed by atoms with Crippen molar-refractivity contribution in [2.45, 2.75) is 39.2 Å². The highest BCUT2D eigenvalue weighted by atomic mass is 16.4. The third-order valence-corrected chi connectivity index (χ3v) is 4.91. The van der Waals surface area contributed by atoms with Crippen molar-refractivity contribution in [3.8, 4) is 0 Å². The van der Waals surface area contributed by atoms with Crippen molar-refractivity contribution in [1.29, 1.82) is 0 Å². The summed E-state index contributed by atoms with van der Waals surface area (Å²) in [4.78, 5) is 18.8. The van der Waals surface area contributed by atoms with Crippen molar-refractivity contribution in [3.05, 3.63) is 11.8 Å². The van der Waals surface area contributed by atoms with Gasteiger partial charge in [0.1, 0.15) is 0 Å². The SMILES string of the molecule is CCc1nnc([C@H](C)N2CCN(CC(=O)N3CCCC3)CC2)o1. The van der Waals surface area contributed by atoms with Crippen LogP contribution in [0.25, 0.3) is 0 Å². The van der Waals surface area contributed by atoms with Gasteiger partial charge in [-0.15, -0.1) is 10.2 Å². The Balaban J connectivity index is 1.46. The molecule has 3 rings (SSSR count). The molecule has 1 aromatic rings. The van der Waals surface area contributed by atoms with E-state index < -0.39 is 0 Å². The summed E-state index contributed by atoms with van der Waals surface area (Å²) in [5.74, 6) is 1.68. The zero-order valence-corrected chi connectivity index (χ0v) is 14.2. The average molecular weight is 321 g/mol. The van der Waals surface area contributed by atoms with Gasteiger partial charge in [0, 0.05) is 45.7 Å². The normalized spacial score (nSPS) is 21.7. The van der Waals surface area contributed by atoms with Crippen LogP contribution in [0.5, 0.6) is 0 Å². The second-order valence-electron chi connectivity index (χ2n) is 6.46. The van der Waals surface area contributed by atoms with Gasteiger partial charge in [-0.1, -0.05) is 6.92 Å². The van der Waals surface area contributed by atoms with Gasteiger partial charge in [0.25, 0.3) is 0 Å². The molecule has 23 heavy (non-hydrogen) atoms. The molecule has 0 saturated carbocycles. The van der Waals surface area contributed by atoms with Crippen LogP contribution >= 0.6 is 0 Å². The van der Waals surface area contributed by atoms with Gasteiger partial charge in [-0.05, 0) is 19.8 Å². The third kappa shape index (κ3) is 3.90. The Bertz CT molecular complexity index is 518. The monoisotopic (exact) mass is 321 g/mol. The molecular weight excluding hydrogens is 294 g/mol. The smallest absolute Gasteiger partial charge is 0.236 e. The first kappa shape index (κ1) is 16.4. The number of piperazine rings is 1. The van der Waals surface area contributed by atoms with Crippen molar-refractivity contribution >= 4 is 5.91 Å². The van der Waals surface area contributed by atoms with Crippen LogP contribution < -0.4 is 0 Å². The second-order valence-corrected chi connectivity index (χ2v) is 6.46. The second kappa shape index (κ2) is 7.40. The van der Waals surface area contributed by atoms with E-state index in [1.54, 1.807) is 0 Å². The summed E-state index contributed by atoms with van der Waals surface area (Å²) >= 11 is 0. The van der Waals surface area contributed by atoms with Crippen LogP contribution in [0.1, 0.15) is 44.5 Å². The molecule has 7 nitrogen and oxygen atoms in total. The maximum Gasteiger partial charge on any atom is 0.236 e. The molecule has 2 fully saturated rings. The Hall–Kier alpha value is -1.47. The standard InChI is InChI=1S/C16H27N5O2/c1-3-14-17-18-16(23-14)13(2)20-10-8-19(9-11-20)12-15(22)21-6-4-5-7-21/h13H,3-12H2,1-2H3/t13-/m0/s1. The molecule has 0 aromatic carbocycles. The van der Waals surface area contributed by atoms with Gasteiger partial charge in [-0.2, -0.15) is 0 Å². The first-order valence-corrected chi connectivity index (χ1v) is 8.74. The largest absolute Gasteiger partial charge is 0.424 e. The number of amides is 1. The molecule has 1 aromatic heterocycles. The van der Waals surface area contributed by atoms with E-state index in [0.717, 1.165) is 58.5 Å². The van der Waals surface area contributed by atoms with Crippen molar-refractivity contribution in [2.75, 3.05) is 45.8 Å². The van der Waals surface area contributed by atoms with Crippen LogP contribution in [0.4, 0.5) is 0 Å². The Morgan fingerprint density at radius 1 is 1.13 bits per heavy atom. The predicted octanol–water partition coefficient (Wildman–Crippen LogP) is 0.933. The number of aromatic nitrogens is 2. The lowest BCUT2D eigenvalue weighted by molar-refractivity contribution is -0.131. The number of aryl methyl sites for hydroxylation is 1. The van der Waals surface area contributed by atoms with E-state index in [9.17, 15) is 4.79 Å². The minimum atomic E-state index is 0.138. The summed E-state index contributed by atoms with van der Waals surface area (Å²) < 4.78 is 5.67. The molecule has 0 radical (unpaired) electrons. The molecule has 0 unspecified atom stereocenters. The molecule has 2 saturated heterocycles. The number of hydrogen-bond acceptors (Lipinski definition) is 6. The Morgan fingerprint density at radius 2 is 1.83 bits per heavy atom. The van der Waals surface area contributed by atoms with Gasteiger partial charge in [0.15, 0.2) is 0 Å². The molecular formula is C16H27N5O2. The number of carbonyl (C=O) groups excluding carboxylic acids is 1. The van der Waals surface area contributed by atoms with E-state index in [-0.39, 0.29) is 11.9 Å². The number of likely N-dealkylation sites (tertiary alicyclic amines) is 1. The molecule has 1 amide bonds. The number of nitrogens with zero attached hydrogens (tertiary/aromatic N) is 5. The van der Waals surface area contributed by atoms with E-state index in [1.165, 1.54) is 0 Å². The predicted molar refractivity (Wildman–Crippen MR) is 85.9 cm³/mol. The molecule has 128 valence electrons. The first-order chi connectivity index (χ1) is 11.2. The summed E-state index contributed by atoms with van der Waals surface area (Å²) in [6.45, 7) is 10.2. The lowest BCUT2D eigenvalue weighted by Crippen LogP contribution is -2.50. The zero-order chi connectivity index (χ0) is 16.2. The minimum absolute atomic E-state index is 0.138. The van der Waals surface area contributed by atoms with E-state index in [2.05, 4.69) is 26.9 Å². The highest BCUT2D eigenvalue weighted by molar-refractivity contribution is 5.78. The van der Waals surface area contributed by atoms with Crippen LogP contribution in [-0.2, 0) is 11.2 Å². The fourth-order valence-corrected chi connectivity index (χ4v) is 3.30. The fraction of sp³-hybridized carbons (Fsp3) is 0.812. The number of hydrogen-bond donors (Lipinski definition) is 0. The van der Waals surface area contributed by atoms with Gasteiger partial charge in [-0.25, -0.2) is 0 Å². The van der Waals surface area contributed by atoms with Crippen LogP contribution in [-0.4, -0.2) is 76.6 Å². The van der Waals surface area contributed by atoms with Crippen LogP contribution in [0.2, 0.25) is 0 Å². The highest BCUT2D eigenvalue weighted by Crippen LogP contribution is 2.20. The van der Waals surface area contributed by atoms with E-state index in [4.69, 9.17) is 4.42 Å². The summed E-state index contributed by atoms with van der Waals surface area (Å²) in [5.41, 5.74) is 0. The lowest BCUT2D eigenvalue weighted by Gasteiger charge is -2.37. The van der Waals surface area contributed by atoms with Gasteiger partial charge < -0.3 is 9.32 Å². The Kier molecular flexibility index (Phi) is 5.27.